The number of ether oxygens (including phenoxy) is 4. The molecule has 62 heavy (non-hydrogen) atoms. The zero-order valence-corrected chi connectivity index (χ0v) is 36.3. The molecular formula is C46H50ClF4N7O4. The summed E-state index contributed by atoms with van der Waals surface area (Å²) in [6, 6.07) is 16.0. The van der Waals surface area contributed by atoms with E-state index in [2.05, 4.69) is 21.4 Å². The summed E-state index contributed by atoms with van der Waals surface area (Å²) in [5, 5.41) is -0.212. The Morgan fingerprint density at radius 3 is 2.23 bits per heavy atom. The largest absolute Gasteiger partial charge is 0.497 e. The fourth-order valence-corrected chi connectivity index (χ4v) is 9.22. The summed E-state index contributed by atoms with van der Waals surface area (Å²) < 4.78 is 87.3. The average molecular weight is 876 g/mol. The maximum absolute atomic E-state index is 17.8. The Bertz CT molecular complexity index is 2420. The smallest absolute Gasteiger partial charge is 0.418 e. The Morgan fingerprint density at radius 1 is 0.952 bits per heavy atom. The molecule has 0 amide bonds. The second-order valence-electron chi connectivity index (χ2n) is 16.6. The van der Waals surface area contributed by atoms with Gasteiger partial charge in [-0.25, -0.2) is 9.37 Å². The molecule has 0 unspecified atom stereocenters. The molecule has 0 radical (unpaired) electrons. The molecule has 16 heteroatoms. The van der Waals surface area contributed by atoms with Crippen LogP contribution in [-0.4, -0.2) is 105 Å². The Labute approximate surface area is 363 Å². The zero-order valence-electron chi connectivity index (χ0n) is 35.5. The highest BCUT2D eigenvalue weighted by molar-refractivity contribution is 6.36. The highest BCUT2D eigenvalue weighted by atomic mass is 35.5. The van der Waals surface area contributed by atoms with E-state index in [1.807, 2.05) is 53.1 Å². The van der Waals surface area contributed by atoms with Gasteiger partial charge in [0.2, 0.25) is 0 Å². The number of anilines is 2. The lowest BCUT2D eigenvalue weighted by Crippen LogP contribution is -2.43. The van der Waals surface area contributed by atoms with E-state index in [0.29, 0.717) is 37.0 Å². The van der Waals surface area contributed by atoms with Gasteiger partial charge in [0.25, 0.3) is 0 Å². The van der Waals surface area contributed by atoms with Crippen LogP contribution >= 0.6 is 11.6 Å². The van der Waals surface area contributed by atoms with Gasteiger partial charge in [0, 0.05) is 32.7 Å². The number of methoxy groups -OCH3 is 2. The highest BCUT2D eigenvalue weighted by Gasteiger charge is 2.47. The first-order valence-electron chi connectivity index (χ1n) is 20.6. The van der Waals surface area contributed by atoms with Crippen LogP contribution in [0.2, 0.25) is 5.02 Å². The lowest BCUT2D eigenvalue weighted by atomic mass is 9.94. The van der Waals surface area contributed by atoms with Crippen LogP contribution < -0.4 is 28.7 Å². The number of alkyl halides is 3. The van der Waals surface area contributed by atoms with Gasteiger partial charge in [0.15, 0.2) is 11.6 Å². The van der Waals surface area contributed by atoms with Crippen molar-refractivity contribution >= 4 is 34.1 Å². The van der Waals surface area contributed by atoms with Gasteiger partial charge in [-0.3, -0.25) is 4.90 Å². The number of benzene rings is 3. The molecule has 0 saturated carbocycles. The molecule has 3 aliphatic heterocycles. The molecular weight excluding hydrogens is 826 g/mol. The quantitative estimate of drug-likeness (QED) is 0.0792. The fourth-order valence-electron chi connectivity index (χ4n) is 8.90. The van der Waals surface area contributed by atoms with E-state index in [-0.39, 0.29) is 70.9 Å². The van der Waals surface area contributed by atoms with Crippen LogP contribution in [0.5, 0.6) is 23.3 Å². The lowest BCUT2D eigenvalue weighted by Gasteiger charge is -2.31. The van der Waals surface area contributed by atoms with Crippen molar-refractivity contribution in [1.29, 1.82) is 0 Å². The molecule has 5 heterocycles. The van der Waals surface area contributed by atoms with Crippen LogP contribution in [0.3, 0.4) is 0 Å². The number of halogens is 5. The SMILES string of the molecule is C=C1CN2CCC[C@@]2(COc2nc3c4c(c(Cl)c(-c5nc(N(Cc6ccc(OC)cc6)Cc6ccc(OC)cc6)cc(C)c5C(F)(F)F)c(F)c4n2)OCCN3CCN(C)C)C1. The predicted octanol–water partition coefficient (Wildman–Crippen LogP) is 8.97. The van der Waals surface area contributed by atoms with Crippen molar-refractivity contribution < 1.29 is 36.5 Å². The Kier molecular flexibility index (Phi) is 12.2. The minimum absolute atomic E-state index is 0.0223. The van der Waals surface area contributed by atoms with Crippen LogP contribution in [-0.2, 0) is 19.3 Å². The van der Waals surface area contributed by atoms with Gasteiger partial charge in [-0.2, -0.15) is 23.1 Å². The van der Waals surface area contributed by atoms with E-state index in [9.17, 15) is 0 Å². The molecule has 2 fully saturated rings. The van der Waals surface area contributed by atoms with Gasteiger partial charge in [-0.15, -0.1) is 0 Å². The molecule has 5 aromatic rings. The Balaban J connectivity index is 1.30. The van der Waals surface area contributed by atoms with Crippen LogP contribution in [0.4, 0.5) is 29.2 Å². The molecule has 1 atom stereocenters. The molecule has 0 bridgehead atoms. The summed E-state index contributed by atoms with van der Waals surface area (Å²) >= 11 is 7.13. The monoisotopic (exact) mass is 875 g/mol. The van der Waals surface area contributed by atoms with Crippen molar-refractivity contribution in [2.75, 3.05) is 84.1 Å². The number of rotatable bonds is 14. The number of hydrogen-bond acceptors (Lipinski definition) is 11. The van der Waals surface area contributed by atoms with Crippen molar-refractivity contribution in [2.24, 2.45) is 0 Å². The standard InChI is InChI=1S/C46H50ClF4N7O4/c1-28-23-45(16-7-17-58(45)24-28)27-62-44-53-41-36-42(61-21-20-56(43(36)54-44)19-18-55(3)4)38(47)35(39(41)48)40-37(46(49,50)51)29(2)22-34(52-40)57(25-30-8-12-32(59-5)13-9-30)26-31-10-14-33(60-6)15-11-31/h8-15,22H,1,7,16-21,23-27H2,2-6H3/t45-/m0/s1. The molecule has 0 N–H and O–H groups in total. The third-order valence-electron chi connectivity index (χ3n) is 12.0. The van der Waals surface area contributed by atoms with Crippen molar-refractivity contribution in [3.63, 3.8) is 0 Å². The summed E-state index contributed by atoms with van der Waals surface area (Å²) in [4.78, 5) is 22.3. The van der Waals surface area contributed by atoms with Crippen molar-refractivity contribution in [2.45, 2.75) is 51.0 Å². The summed E-state index contributed by atoms with van der Waals surface area (Å²) in [7, 11) is 7.01. The van der Waals surface area contributed by atoms with Crippen LogP contribution in [0.25, 0.3) is 22.2 Å². The highest BCUT2D eigenvalue weighted by Crippen LogP contribution is 2.51. The van der Waals surface area contributed by atoms with E-state index in [4.69, 9.17) is 35.5 Å². The van der Waals surface area contributed by atoms with E-state index >= 15 is 17.6 Å². The van der Waals surface area contributed by atoms with Crippen LogP contribution in [0, 0.1) is 12.7 Å². The van der Waals surface area contributed by atoms with Gasteiger partial charge in [-0.05, 0) is 93.8 Å². The Morgan fingerprint density at radius 2 is 1.61 bits per heavy atom. The van der Waals surface area contributed by atoms with Crippen molar-refractivity contribution in [3.05, 3.63) is 99.8 Å². The van der Waals surface area contributed by atoms with Gasteiger partial charge in [0.05, 0.1) is 53.5 Å². The van der Waals surface area contributed by atoms with Crippen molar-refractivity contribution in [3.8, 4) is 34.5 Å². The second-order valence-corrected chi connectivity index (χ2v) is 16.9. The Hall–Kier alpha value is -5.38. The number of fused-ring (bicyclic) bond motifs is 1. The van der Waals surface area contributed by atoms with E-state index in [1.165, 1.54) is 13.0 Å². The minimum atomic E-state index is -4.95. The number of aromatic nitrogens is 3. The first-order valence-corrected chi connectivity index (χ1v) is 21.0. The predicted molar refractivity (Wildman–Crippen MR) is 232 cm³/mol. The summed E-state index contributed by atoms with van der Waals surface area (Å²) in [5.41, 5.74) is -0.357. The van der Waals surface area contributed by atoms with Gasteiger partial charge in [0.1, 0.15) is 41.9 Å². The lowest BCUT2D eigenvalue weighted by molar-refractivity contribution is -0.137. The third kappa shape index (κ3) is 8.54. The second kappa shape index (κ2) is 17.4. The van der Waals surface area contributed by atoms with Crippen molar-refractivity contribution in [1.82, 2.24) is 24.8 Å². The average Bonchev–Trinajstić information content (AvgIpc) is 3.70. The summed E-state index contributed by atoms with van der Waals surface area (Å²) in [5.74, 6) is 0.668. The fraction of sp³-hybridized carbons (Fsp3) is 0.413. The molecule has 0 spiro atoms. The van der Waals surface area contributed by atoms with Crippen LogP contribution in [0.1, 0.15) is 41.5 Å². The van der Waals surface area contributed by atoms with Gasteiger partial charge < -0.3 is 33.6 Å². The molecule has 2 aromatic heterocycles. The van der Waals surface area contributed by atoms with E-state index in [1.54, 1.807) is 38.5 Å². The molecule has 0 aliphatic carbocycles. The minimum Gasteiger partial charge on any atom is -0.497 e. The first-order chi connectivity index (χ1) is 29.7. The molecule has 3 aliphatic rings. The molecule has 3 aromatic carbocycles. The molecule has 11 nitrogen and oxygen atoms in total. The van der Waals surface area contributed by atoms with Crippen LogP contribution in [0.15, 0.2) is 66.7 Å². The van der Waals surface area contributed by atoms with Gasteiger partial charge in [-0.1, -0.05) is 48.0 Å². The van der Waals surface area contributed by atoms with Gasteiger partial charge >= 0.3 is 12.2 Å². The number of aryl methyl sites for hydroxylation is 1. The normalized spacial score (nSPS) is 17.7. The molecule has 2 saturated heterocycles. The number of likely N-dealkylation sites (N-methyl/N-ethyl adjacent to an activating group) is 1. The molecule has 328 valence electrons. The zero-order chi connectivity index (χ0) is 43.9. The number of pyridine rings is 1. The molecule has 8 rings (SSSR count). The van der Waals surface area contributed by atoms with E-state index < -0.39 is 28.8 Å². The maximum Gasteiger partial charge on any atom is 0.418 e. The summed E-state index contributed by atoms with van der Waals surface area (Å²) in [6.45, 7) is 9.50. The first kappa shape index (κ1) is 43.3. The third-order valence-corrected chi connectivity index (χ3v) is 12.3. The number of nitrogens with zero attached hydrogens (tertiary/aromatic N) is 7. The topological polar surface area (TPSA) is 88.5 Å². The summed E-state index contributed by atoms with van der Waals surface area (Å²) in [6.07, 6.45) is -2.30. The number of hydrogen-bond donors (Lipinski definition) is 0. The van der Waals surface area contributed by atoms with E-state index in [0.717, 1.165) is 49.1 Å². The maximum atomic E-state index is 17.8.